The molecule has 6 aliphatic rings. The topological polar surface area (TPSA) is 86.3 Å². The molecule has 0 saturated carbocycles. The molecule has 0 N–H and O–H groups in total. The van der Waals surface area contributed by atoms with Crippen molar-refractivity contribution >= 4 is 45.8 Å². The highest BCUT2D eigenvalue weighted by Gasteiger charge is 2.36. The maximum Gasteiger partial charge on any atom is 0.336 e. The summed E-state index contributed by atoms with van der Waals surface area (Å²) < 4.78 is 9.31. The summed E-state index contributed by atoms with van der Waals surface area (Å²) in [6.07, 6.45) is 3.39. The van der Waals surface area contributed by atoms with Crippen molar-refractivity contribution in [3.8, 4) is 22.5 Å². The average Bonchev–Trinajstić information content (AvgIpc) is 3.94. The van der Waals surface area contributed by atoms with Crippen LogP contribution >= 0.6 is 0 Å². The fourth-order valence-corrected chi connectivity index (χ4v) is 9.00. The second-order valence-corrected chi connectivity index (χ2v) is 15.1. The highest BCUT2D eigenvalue weighted by molar-refractivity contribution is 6.04. The number of benzene rings is 5. The van der Waals surface area contributed by atoms with Gasteiger partial charge in [-0.1, -0.05) is 60.7 Å². The van der Waals surface area contributed by atoms with Gasteiger partial charge < -0.3 is 26.6 Å². The number of anilines is 2. The van der Waals surface area contributed by atoms with Crippen molar-refractivity contribution in [2.75, 3.05) is 31.1 Å². The molecule has 0 spiro atoms. The van der Waals surface area contributed by atoms with Gasteiger partial charge in [-0.05, 0) is 73.3 Å². The van der Waals surface area contributed by atoms with Gasteiger partial charge in [0.1, 0.15) is 11.3 Å². The quantitative estimate of drug-likeness (QED) is 0.142. The van der Waals surface area contributed by atoms with Gasteiger partial charge >= 0.3 is 5.97 Å². The summed E-state index contributed by atoms with van der Waals surface area (Å²) in [5.74, 6) is -0.909. The van der Waals surface area contributed by atoms with E-state index in [9.17, 15) is 14.4 Å². The highest BCUT2D eigenvalue weighted by atomic mass is 35.5. The Balaban J connectivity index is 0.00000410. The molecular formula is C46H41ClN4O5. The van der Waals surface area contributed by atoms with E-state index in [0.29, 0.717) is 37.5 Å². The van der Waals surface area contributed by atoms with E-state index < -0.39 is 17.8 Å². The molecule has 4 aromatic carbocycles. The van der Waals surface area contributed by atoms with Gasteiger partial charge in [0.05, 0.1) is 12.0 Å². The zero-order chi connectivity index (χ0) is 37.0. The first-order valence-electron chi connectivity index (χ1n) is 19.4. The normalized spacial score (nSPS) is 18.1. The number of hydroxylamine groups is 2. The summed E-state index contributed by atoms with van der Waals surface area (Å²) in [5.41, 5.74) is 11.7. The largest absolute Gasteiger partial charge is 1.00 e. The number of rotatable bonds is 6. The number of amides is 2. The number of nitrogens with zero attached hydrogens (tertiary/aromatic N) is 4. The smallest absolute Gasteiger partial charge is 0.336 e. The van der Waals surface area contributed by atoms with E-state index in [1.807, 2.05) is 0 Å². The summed E-state index contributed by atoms with van der Waals surface area (Å²) in [5, 5.41) is 2.83. The minimum atomic E-state index is -0.497. The van der Waals surface area contributed by atoms with Crippen molar-refractivity contribution < 1.29 is 36.0 Å². The standard InChI is InChI=1S/C46H41N4O5.ClH/c51-43-17-18-44(52)50(43)55-46(53)32-19-23-47(24-20-32)29-33-9-1-4-10-36(33)45-37-15-13-34(48-25-21-30-7-2-5-11-39(30)48)27-41(37)54-42-28-35(14-16-38(42)45)49-26-22-31-8-3-6-12-40(31)49;/h1-16,27-28,32H,17-26,29H2;1H/q+1;/p-1. The third-order valence-corrected chi connectivity index (χ3v) is 11.9. The summed E-state index contributed by atoms with van der Waals surface area (Å²) in [6.45, 7) is 3.96. The van der Waals surface area contributed by atoms with Gasteiger partial charge in [-0.25, -0.2) is 4.79 Å². The molecule has 9 nitrogen and oxygen atoms in total. The molecule has 2 fully saturated rings. The van der Waals surface area contributed by atoms with Crippen LogP contribution in [0.25, 0.3) is 33.4 Å². The molecule has 5 heterocycles. The van der Waals surface area contributed by atoms with Crippen molar-refractivity contribution in [3.05, 3.63) is 131 Å². The summed E-state index contributed by atoms with van der Waals surface area (Å²) >= 11 is 0. The molecule has 0 aromatic heterocycles. The van der Waals surface area contributed by atoms with Gasteiger partial charge in [0.15, 0.2) is 6.54 Å². The van der Waals surface area contributed by atoms with Crippen LogP contribution in [-0.2, 0) is 38.6 Å². The molecule has 282 valence electrons. The number of carbonyl (C=O) groups is 3. The van der Waals surface area contributed by atoms with E-state index in [1.54, 1.807) is 0 Å². The Bertz CT molecular complexity index is 2560. The molecule has 10 rings (SSSR count). The summed E-state index contributed by atoms with van der Waals surface area (Å²) in [7, 11) is 0. The van der Waals surface area contributed by atoms with Gasteiger partial charge in [-0.15, -0.1) is 5.06 Å². The lowest BCUT2D eigenvalue weighted by molar-refractivity contribution is -0.201. The van der Waals surface area contributed by atoms with Crippen LogP contribution in [0.4, 0.5) is 17.1 Å². The van der Waals surface area contributed by atoms with Crippen molar-refractivity contribution in [1.82, 2.24) is 14.5 Å². The van der Waals surface area contributed by atoms with Gasteiger partial charge in [-0.3, -0.25) is 14.5 Å². The van der Waals surface area contributed by atoms with E-state index in [0.717, 1.165) is 70.4 Å². The van der Waals surface area contributed by atoms with E-state index in [1.165, 1.54) is 28.1 Å². The first-order valence-corrected chi connectivity index (χ1v) is 19.4. The Morgan fingerprint density at radius 1 is 0.750 bits per heavy atom. The van der Waals surface area contributed by atoms with Gasteiger partial charge in [0.25, 0.3) is 11.8 Å². The molecule has 1 aliphatic carbocycles. The van der Waals surface area contributed by atoms with Crippen LogP contribution in [-0.4, -0.2) is 53.9 Å². The lowest BCUT2D eigenvalue weighted by Crippen LogP contribution is -3.00. The van der Waals surface area contributed by atoms with Gasteiger partial charge in [0.2, 0.25) is 11.0 Å². The average molecular weight is 765 g/mol. The van der Waals surface area contributed by atoms with Crippen LogP contribution in [0.1, 0.15) is 42.4 Å². The monoisotopic (exact) mass is 764 g/mol. The van der Waals surface area contributed by atoms with Crippen LogP contribution in [0, 0.1) is 5.92 Å². The number of para-hydroxylation sites is 2. The van der Waals surface area contributed by atoms with Crippen LogP contribution in [0.15, 0.2) is 114 Å². The Morgan fingerprint density at radius 2 is 1.50 bits per heavy atom. The number of likely N-dealkylation sites (tertiary alicyclic amines) is 1. The van der Waals surface area contributed by atoms with Crippen LogP contribution < -0.4 is 27.2 Å². The molecule has 0 bridgehead atoms. The molecule has 0 atom stereocenters. The van der Waals surface area contributed by atoms with Crippen LogP contribution in [0.5, 0.6) is 0 Å². The first kappa shape index (κ1) is 35.9. The number of imide groups is 1. The molecule has 2 saturated heterocycles. The van der Waals surface area contributed by atoms with Crippen LogP contribution in [0.2, 0.25) is 0 Å². The van der Waals surface area contributed by atoms with E-state index >= 15 is 0 Å². The van der Waals surface area contributed by atoms with Crippen molar-refractivity contribution in [2.24, 2.45) is 5.92 Å². The lowest BCUT2D eigenvalue weighted by atomic mass is 9.90. The molecule has 0 unspecified atom stereocenters. The highest BCUT2D eigenvalue weighted by Crippen LogP contribution is 2.44. The number of hydrogen-bond acceptors (Lipinski definition) is 7. The fourth-order valence-electron chi connectivity index (χ4n) is 9.00. The van der Waals surface area contributed by atoms with Crippen molar-refractivity contribution in [2.45, 2.75) is 45.1 Å². The lowest BCUT2D eigenvalue weighted by Gasteiger charge is -2.31. The van der Waals surface area contributed by atoms with E-state index in [2.05, 4.69) is 124 Å². The minimum absolute atomic E-state index is 0. The van der Waals surface area contributed by atoms with Crippen molar-refractivity contribution in [1.29, 1.82) is 0 Å². The molecule has 2 amide bonds. The Kier molecular flexibility index (Phi) is 9.43. The number of hydrogen-bond donors (Lipinski definition) is 0. The maximum atomic E-state index is 12.9. The van der Waals surface area contributed by atoms with Crippen LogP contribution in [0.3, 0.4) is 0 Å². The van der Waals surface area contributed by atoms with E-state index in [4.69, 9.17) is 9.25 Å². The fraction of sp³-hybridized carbons (Fsp3) is 0.261. The molecule has 56 heavy (non-hydrogen) atoms. The number of fused-ring (bicyclic) bond motifs is 4. The molecule has 4 aromatic rings. The SMILES string of the molecule is O=C(ON1C(=O)CCC1=O)C1CCN(Cc2ccccc2-c2c3ccc(=[N+]4CCc5ccccc54)cc-3oc3cc(N4CCc5ccccc54)ccc23)CC1.[Cl-]. The first-order chi connectivity index (χ1) is 27.0. The maximum absolute atomic E-state index is 12.9. The van der Waals surface area contributed by atoms with Crippen molar-refractivity contribution in [3.63, 3.8) is 0 Å². The summed E-state index contributed by atoms with van der Waals surface area (Å²) in [6, 6.07) is 39.2. The predicted molar refractivity (Wildman–Crippen MR) is 211 cm³/mol. The second-order valence-electron chi connectivity index (χ2n) is 15.1. The number of piperidine rings is 1. The number of carbonyl (C=O) groups excluding carboxylic acids is 3. The van der Waals surface area contributed by atoms with Gasteiger partial charge in [-0.2, -0.15) is 4.58 Å². The molecule has 10 heteroatoms. The Morgan fingerprint density at radius 3 is 2.34 bits per heavy atom. The summed E-state index contributed by atoms with van der Waals surface area (Å²) in [4.78, 5) is 47.0. The van der Waals surface area contributed by atoms with E-state index in [-0.39, 0.29) is 31.2 Å². The molecule has 0 radical (unpaired) electrons. The Labute approximate surface area is 331 Å². The molecular weight excluding hydrogens is 724 g/mol. The third kappa shape index (κ3) is 6.34. The minimum Gasteiger partial charge on any atom is -1.00 e. The number of halogens is 1. The van der Waals surface area contributed by atoms with Gasteiger partial charge in [0, 0.05) is 84.0 Å². The zero-order valence-electron chi connectivity index (χ0n) is 31.0. The molecule has 5 aliphatic heterocycles. The second kappa shape index (κ2) is 14.7. The predicted octanol–water partition coefficient (Wildman–Crippen LogP) is 4.38. The Hall–Kier alpha value is -5.77. The zero-order valence-corrected chi connectivity index (χ0v) is 31.7. The third-order valence-electron chi connectivity index (χ3n) is 11.9.